The van der Waals surface area contributed by atoms with E-state index in [0.29, 0.717) is 5.76 Å². The van der Waals surface area contributed by atoms with Gasteiger partial charge in [0.2, 0.25) is 0 Å². The van der Waals surface area contributed by atoms with Crippen molar-refractivity contribution in [3.8, 4) is 0 Å². The quantitative estimate of drug-likeness (QED) is 0.492. The molecule has 1 fully saturated rings. The Labute approximate surface area is 105 Å². The van der Waals surface area contributed by atoms with Crippen LogP contribution < -0.4 is 11.3 Å². The highest BCUT2D eigenvalue weighted by atomic mass is 32.2. The Balaban J connectivity index is 1.89. The molecule has 0 spiro atoms. The van der Waals surface area contributed by atoms with Gasteiger partial charge in [0.25, 0.3) is 0 Å². The van der Waals surface area contributed by atoms with Gasteiger partial charge >= 0.3 is 5.91 Å². The normalized spacial score (nSPS) is 17.0. The van der Waals surface area contributed by atoms with Crippen LogP contribution in [0.4, 0.5) is 0 Å². The summed E-state index contributed by atoms with van der Waals surface area (Å²) in [6.07, 6.45) is 8.16. The average molecular weight is 254 g/mol. The number of furan rings is 1. The molecule has 1 heterocycles. The fourth-order valence-electron chi connectivity index (χ4n) is 2.15. The van der Waals surface area contributed by atoms with Gasteiger partial charge in [-0.2, -0.15) is 11.8 Å². The number of thioether (sulfide) groups is 1. The number of hydrogen-bond donors (Lipinski definition) is 2. The topological polar surface area (TPSA) is 68.3 Å². The Morgan fingerprint density at radius 1 is 1.47 bits per heavy atom. The third-order valence-electron chi connectivity index (χ3n) is 3.11. The molecule has 1 aliphatic rings. The molecule has 0 saturated heterocycles. The summed E-state index contributed by atoms with van der Waals surface area (Å²) in [5, 5.41) is 0.729. The minimum absolute atomic E-state index is 0.343. The van der Waals surface area contributed by atoms with Crippen molar-refractivity contribution in [2.24, 2.45) is 5.84 Å². The molecule has 5 heteroatoms. The van der Waals surface area contributed by atoms with E-state index in [2.05, 4.69) is 5.43 Å². The zero-order valence-corrected chi connectivity index (χ0v) is 10.6. The minimum Gasteiger partial charge on any atom is -0.459 e. The largest absolute Gasteiger partial charge is 0.459 e. The lowest BCUT2D eigenvalue weighted by molar-refractivity contribution is 0.0925. The van der Waals surface area contributed by atoms with E-state index in [4.69, 9.17) is 10.3 Å². The molecule has 2 rings (SSSR count). The number of nitrogens with two attached hydrogens (primary N) is 1. The van der Waals surface area contributed by atoms with Crippen molar-refractivity contribution in [2.45, 2.75) is 43.1 Å². The molecule has 4 nitrogen and oxygen atoms in total. The molecule has 1 aromatic rings. The van der Waals surface area contributed by atoms with Crippen LogP contribution in [0.2, 0.25) is 0 Å². The van der Waals surface area contributed by atoms with Gasteiger partial charge in [0, 0.05) is 16.6 Å². The van der Waals surface area contributed by atoms with Crippen LogP contribution >= 0.6 is 11.8 Å². The van der Waals surface area contributed by atoms with Gasteiger partial charge in [-0.25, -0.2) is 5.84 Å². The molecule has 94 valence electrons. The first kappa shape index (κ1) is 12.5. The lowest BCUT2D eigenvalue weighted by atomic mass is 10.0. The molecule has 0 aromatic carbocycles. The van der Waals surface area contributed by atoms with Gasteiger partial charge in [-0.15, -0.1) is 0 Å². The van der Waals surface area contributed by atoms with Crippen molar-refractivity contribution in [1.82, 2.24) is 5.43 Å². The van der Waals surface area contributed by atoms with Crippen molar-refractivity contribution >= 4 is 17.7 Å². The second-order valence-corrected chi connectivity index (χ2v) is 5.61. The summed E-state index contributed by atoms with van der Waals surface area (Å²) in [7, 11) is 0. The maximum Gasteiger partial charge on any atom is 0.301 e. The van der Waals surface area contributed by atoms with E-state index in [1.54, 1.807) is 6.26 Å². The SMILES string of the molecule is NNC(=O)c1occc1CSC1CCCCC1. The monoisotopic (exact) mass is 254 g/mol. The summed E-state index contributed by atoms with van der Waals surface area (Å²) in [6.45, 7) is 0. The molecule has 0 unspecified atom stereocenters. The van der Waals surface area contributed by atoms with Crippen LogP contribution in [0.1, 0.15) is 48.2 Å². The summed E-state index contributed by atoms with van der Waals surface area (Å²) in [5.74, 6) is 5.92. The first-order valence-electron chi connectivity index (χ1n) is 6.00. The zero-order chi connectivity index (χ0) is 12.1. The standard InChI is InChI=1S/C12H18N2O2S/c13-14-12(15)11-9(6-7-16-11)8-17-10-4-2-1-3-5-10/h6-7,10H,1-5,8,13H2,(H,14,15). The maximum absolute atomic E-state index is 11.4. The summed E-state index contributed by atoms with van der Waals surface area (Å²) in [4.78, 5) is 11.4. The first-order valence-corrected chi connectivity index (χ1v) is 7.05. The van der Waals surface area contributed by atoms with Crippen LogP contribution in [0, 0.1) is 0 Å². The Morgan fingerprint density at radius 3 is 2.94 bits per heavy atom. The molecule has 1 amide bonds. The van der Waals surface area contributed by atoms with Gasteiger partial charge in [-0.1, -0.05) is 19.3 Å². The summed E-state index contributed by atoms with van der Waals surface area (Å²) in [5.41, 5.74) is 3.04. The van der Waals surface area contributed by atoms with Gasteiger partial charge in [0.15, 0.2) is 5.76 Å². The Morgan fingerprint density at radius 2 is 2.24 bits per heavy atom. The van der Waals surface area contributed by atoms with E-state index in [9.17, 15) is 4.79 Å². The molecule has 3 N–H and O–H groups in total. The van der Waals surface area contributed by atoms with Crippen LogP contribution in [0.25, 0.3) is 0 Å². The van der Waals surface area contributed by atoms with Crippen molar-refractivity contribution < 1.29 is 9.21 Å². The van der Waals surface area contributed by atoms with Gasteiger partial charge in [0.1, 0.15) is 0 Å². The molecule has 17 heavy (non-hydrogen) atoms. The average Bonchev–Trinajstić information content (AvgIpc) is 2.85. The highest BCUT2D eigenvalue weighted by molar-refractivity contribution is 7.99. The van der Waals surface area contributed by atoms with Crippen molar-refractivity contribution in [3.05, 3.63) is 23.7 Å². The predicted octanol–water partition coefficient (Wildman–Crippen LogP) is 2.45. The number of carbonyl (C=O) groups excluding carboxylic acids is 1. The second kappa shape index (κ2) is 6.12. The number of hydrogen-bond acceptors (Lipinski definition) is 4. The van der Waals surface area contributed by atoms with Gasteiger partial charge in [-0.3, -0.25) is 10.2 Å². The van der Waals surface area contributed by atoms with Crippen LogP contribution in [-0.4, -0.2) is 11.2 Å². The number of rotatable bonds is 4. The predicted molar refractivity (Wildman–Crippen MR) is 68.5 cm³/mol. The summed E-state index contributed by atoms with van der Waals surface area (Å²) in [6, 6.07) is 1.85. The van der Waals surface area contributed by atoms with Crippen LogP contribution in [0.5, 0.6) is 0 Å². The molecule has 0 atom stereocenters. The van der Waals surface area contributed by atoms with Crippen LogP contribution in [0.15, 0.2) is 16.7 Å². The molecule has 0 aliphatic heterocycles. The van der Waals surface area contributed by atoms with Crippen molar-refractivity contribution in [2.75, 3.05) is 0 Å². The van der Waals surface area contributed by atoms with Crippen LogP contribution in [0.3, 0.4) is 0 Å². The molecule has 1 saturated carbocycles. The third-order valence-corrected chi connectivity index (χ3v) is 4.53. The Bertz CT molecular complexity index is 372. The van der Waals surface area contributed by atoms with E-state index in [1.165, 1.54) is 32.1 Å². The number of carbonyl (C=O) groups is 1. The van der Waals surface area contributed by atoms with Gasteiger partial charge < -0.3 is 4.42 Å². The second-order valence-electron chi connectivity index (χ2n) is 4.32. The number of nitrogens with one attached hydrogen (secondary N) is 1. The minimum atomic E-state index is -0.353. The lowest BCUT2D eigenvalue weighted by Gasteiger charge is -2.20. The Kier molecular flexibility index (Phi) is 4.50. The van der Waals surface area contributed by atoms with Gasteiger partial charge in [-0.05, 0) is 18.9 Å². The number of nitrogen functional groups attached to an aromatic ring is 1. The zero-order valence-electron chi connectivity index (χ0n) is 9.78. The summed E-state index contributed by atoms with van der Waals surface area (Å²) < 4.78 is 5.15. The van der Waals surface area contributed by atoms with Crippen molar-refractivity contribution in [1.29, 1.82) is 0 Å². The molecular weight excluding hydrogens is 236 g/mol. The highest BCUT2D eigenvalue weighted by Gasteiger charge is 2.18. The highest BCUT2D eigenvalue weighted by Crippen LogP contribution is 2.31. The molecular formula is C12H18N2O2S. The molecule has 1 aliphatic carbocycles. The fraction of sp³-hybridized carbons (Fsp3) is 0.583. The van der Waals surface area contributed by atoms with Crippen molar-refractivity contribution in [3.63, 3.8) is 0 Å². The van der Waals surface area contributed by atoms with Gasteiger partial charge in [0.05, 0.1) is 6.26 Å². The smallest absolute Gasteiger partial charge is 0.301 e. The molecule has 0 bridgehead atoms. The van der Waals surface area contributed by atoms with E-state index in [-0.39, 0.29) is 5.91 Å². The van der Waals surface area contributed by atoms with Crippen LogP contribution in [-0.2, 0) is 5.75 Å². The van der Waals surface area contributed by atoms with E-state index in [0.717, 1.165) is 16.6 Å². The number of hydrazine groups is 1. The maximum atomic E-state index is 11.4. The molecule has 1 aromatic heterocycles. The number of amides is 1. The first-order chi connectivity index (χ1) is 8.31. The fourth-order valence-corrected chi connectivity index (χ4v) is 3.46. The molecule has 0 radical (unpaired) electrons. The summed E-state index contributed by atoms with van der Waals surface area (Å²) >= 11 is 1.92. The third kappa shape index (κ3) is 3.26. The van der Waals surface area contributed by atoms with E-state index in [1.807, 2.05) is 17.8 Å². The van der Waals surface area contributed by atoms with E-state index < -0.39 is 0 Å². The lowest BCUT2D eigenvalue weighted by Crippen LogP contribution is -2.30. The Hall–Kier alpha value is -0.940. The van der Waals surface area contributed by atoms with E-state index >= 15 is 0 Å².